The fourth-order valence-corrected chi connectivity index (χ4v) is 2.23. The van der Waals surface area contributed by atoms with E-state index in [-0.39, 0.29) is 18.2 Å². The topological polar surface area (TPSA) is 69.0 Å². The minimum atomic E-state index is -2.92. The number of hydrogen-bond donors (Lipinski definition) is 1. The van der Waals surface area contributed by atoms with Gasteiger partial charge in [0.1, 0.15) is 17.9 Å². The van der Waals surface area contributed by atoms with E-state index < -0.39 is 6.61 Å². The Balaban J connectivity index is 1.70. The van der Waals surface area contributed by atoms with Crippen molar-refractivity contribution in [1.29, 1.82) is 0 Å². The van der Waals surface area contributed by atoms with E-state index in [1.165, 1.54) is 12.3 Å². The van der Waals surface area contributed by atoms with Crippen LogP contribution in [-0.4, -0.2) is 27.1 Å². The number of pyridine rings is 1. The largest absolute Gasteiger partial charge is 0.434 e. The van der Waals surface area contributed by atoms with Gasteiger partial charge in [-0.3, -0.25) is 9.36 Å². The Morgan fingerprint density at radius 2 is 2.08 bits per heavy atom. The number of aromatic nitrogens is 3. The van der Waals surface area contributed by atoms with Crippen molar-refractivity contribution in [2.24, 2.45) is 0 Å². The molecule has 2 aromatic heterocycles. The second-order valence-electron chi connectivity index (χ2n) is 5.04. The highest BCUT2D eigenvalue weighted by Gasteiger charge is 2.12. The summed E-state index contributed by atoms with van der Waals surface area (Å²) in [7, 11) is 0. The van der Waals surface area contributed by atoms with Gasteiger partial charge in [0.05, 0.1) is 0 Å². The van der Waals surface area contributed by atoms with Crippen molar-refractivity contribution in [3.8, 4) is 11.6 Å². The molecule has 0 atom stereocenters. The third-order valence-electron chi connectivity index (χ3n) is 3.40. The summed E-state index contributed by atoms with van der Waals surface area (Å²) < 4.78 is 31.0. The highest BCUT2D eigenvalue weighted by atomic mass is 19.3. The monoisotopic (exact) mass is 344 g/mol. The molecule has 6 nitrogen and oxygen atoms in total. The summed E-state index contributed by atoms with van der Waals surface area (Å²) in [6, 6.07) is 9.49. The number of hydrogen-bond acceptors (Lipinski definition) is 4. The van der Waals surface area contributed by atoms with Gasteiger partial charge in [-0.1, -0.05) is 18.2 Å². The molecule has 0 radical (unpaired) electrons. The van der Waals surface area contributed by atoms with E-state index in [9.17, 15) is 13.6 Å². The van der Waals surface area contributed by atoms with Gasteiger partial charge >= 0.3 is 6.61 Å². The van der Waals surface area contributed by atoms with Crippen molar-refractivity contribution in [1.82, 2.24) is 19.9 Å². The SMILES string of the molecule is O=C(NCc1ccccc1OC(F)F)c1ccnc(-n2ccnc2)c1. The number of nitrogens with zero attached hydrogens (tertiary/aromatic N) is 3. The summed E-state index contributed by atoms with van der Waals surface area (Å²) in [5.74, 6) is 0.230. The van der Waals surface area contributed by atoms with Gasteiger partial charge < -0.3 is 10.1 Å². The molecule has 0 fully saturated rings. The fraction of sp³-hybridized carbons (Fsp3) is 0.118. The minimum absolute atomic E-state index is 0.0339. The zero-order valence-corrected chi connectivity index (χ0v) is 13.0. The highest BCUT2D eigenvalue weighted by molar-refractivity contribution is 5.94. The number of carbonyl (C=O) groups is 1. The van der Waals surface area contributed by atoms with Gasteiger partial charge in [-0.2, -0.15) is 8.78 Å². The van der Waals surface area contributed by atoms with Crippen LogP contribution < -0.4 is 10.1 Å². The quantitative estimate of drug-likeness (QED) is 0.747. The molecular weight excluding hydrogens is 330 g/mol. The van der Waals surface area contributed by atoms with Crippen LogP contribution in [0, 0.1) is 0 Å². The molecule has 0 aliphatic heterocycles. The number of alkyl halides is 2. The smallest absolute Gasteiger partial charge is 0.387 e. The van der Waals surface area contributed by atoms with Gasteiger partial charge in [0.15, 0.2) is 0 Å². The number of amides is 1. The van der Waals surface area contributed by atoms with E-state index in [1.54, 1.807) is 53.6 Å². The first-order chi connectivity index (χ1) is 12.1. The Labute approximate surface area is 142 Å². The molecule has 1 aromatic carbocycles. The van der Waals surface area contributed by atoms with Crippen LogP contribution in [0.15, 0.2) is 61.3 Å². The second-order valence-corrected chi connectivity index (χ2v) is 5.04. The number of nitrogens with one attached hydrogen (secondary N) is 1. The molecule has 0 aliphatic rings. The zero-order valence-electron chi connectivity index (χ0n) is 13.0. The molecule has 0 aliphatic carbocycles. The van der Waals surface area contributed by atoms with Crippen LogP contribution in [0.1, 0.15) is 15.9 Å². The molecule has 3 aromatic rings. The number of halogens is 2. The number of carbonyl (C=O) groups excluding carboxylic acids is 1. The summed E-state index contributed by atoms with van der Waals surface area (Å²) in [6.45, 7) is -2.86. The average molecular weight is 344 g/mol. The molecule has 3 rings (SSSR count). The fourth-order valence-electron chi connectivity index (χ4n) is 2.23. The van der Waals surface area contributed by atoms with Crippen molar-refractivity contribution in [2.75, 3.05) is 0 Å². The Bertz CT molecular complexity index is 853. The summed E-state index contributed by atoms with van der Waals surface area (Å²) in [5, 5.41) is 2.68. The lowest BCUT2D eigenvalue weighted by Gasteiger charge is -2.11. The predicted molar refractivity (Wildman–Crippen MR) is 85.6 cm³/mol. The van der Waals surface area contributed by atoms with Crippen LogP contribution >= 0.6 is 0 Å². The summed E-state index contributed by atoms with van der Waals surface area (Å²) in [5.41, 5.74) is 0.853. The van der Waals surface area contributed by atoms with Crippen molar-refractivity contribution >= 4 is 5.91 Å². The maximum atomic E-state index is 12.4. The van der Waals surface area contributed by atoms with Crippen molar-refractivity contribution in [2.45, 2.75) is 13.2 Å². The lowest BCUT2D eigenvalue weighted by molar-refractivity contribution is -0.0504. The second kappa shape index (κ2) is 7.52. The lowest BCUT2D eigenvalue weighted by Crippen LogP contribution is -2.23. The molecule has 0 bridgehead atoms. The summed E-state index contributed by atoms with van der Waals surface area (Å²) in [6.07, 6.45) is 6.40. The minimum Gasteiger partial charge on any atom is -0.434 e. The highest BCUT2D eigenvalue weighted by Crippen LogP contribution is 2.20. The molecule has 2 heterocycles. The molecule has 0 saturated carbocycles. The normalized spacial score (nSPS) is 10.7. The number of ether oxygens (including phenoxy) is 1. The van der Waals surface area contributed by atoms with Crippen LogP contribution in [-0.2, 0) is 6.54 Å². The molecule has 8 heteroatoms. The molecule has 0 spiro atoms. The van der Waals surface area contributed by atoms with Crippen molar-refractivity contribution in [3.05, 3.63) is 72.4 Å². The first kappa shape index (κ1) is 16.6. The van der Waals surface area contributed by atoms with Crippen LogP contribution in [0.3, 0.4) is 0 Å². The molecular formula is C17H14F2N4O2. The summed E-state index contributed by atoms with van der Waals surface area (Å²) >= 11 is 0. The number of para-hydroxylation sites is 1. The van der Waals surface area contributed by atoms with Gasteiger partial charge in [-0.05, 0) is 18.2 Å². The molecule has 128 valence electrons. The van der Waals surface area contributed by atoms with Crippen LogP contribution in [0.4, 0.5) is 8.78 Å². The summed E-state index contributed by atoms with van der Waals surface area (Å²) in [4.78, 5) is 20.4. The number of rotatable bonds is 6. The maximum Gasteiger partial charge on any atom is 0.387 e. The van der Waals surface area contributed by atoms with E-state index in [4.69, 9.17) is 0 Å². The molecule has 0 saturated heterocycles. The third-order valence-corrected chi connectivity index (χ3v) is 3.40. The van der Waals surface area contributed by atoms with Crippen LogP contribution in [0.25, 0.3) is 5.82 Å². The van der Waals surface area contributed by atoms with Gasteiger partial charge in [-0.25, -0.2) is 9.97 Å². The van der Waals surface area contributed by atoms with Gasteiger partial charge in [-0.15, -0.1) is 0 Å². The first-order valence-corrected chi connectivity index (χ1v) is 7.39. The zero-order chi connectivity index (χ0) is 17.6. The molecule has 25 heavy (non-hydrogen) atoms. The first-order valence-electron chi connectivity index (χ1n) is 7.39. The van der Waals surface area contributed by atoms with Crippen molar-refractivity contribution < 1.29 is 18.3 Å². The third kappa shape index (κ3) is 4.17. The number of benzene rings is 1. The van der Waals surface area contributed by atoms with E-state index in [0.717, 1.165) is 0 Å². The van der Waals surface area contributed by atoms with E-state index in [2.05, 4.69) is 20.0 Å². The molecule has 1 amide bonds. The Hall–Kier alpha value is -3.29. The van der Waals surface area contributed by atoms with Crippen molar-refractivity contribution in [3.63, 3.8) is 0 Å². The average Bonchev–Trinajstić information content (AvgIpc) is 3.15. The van der Waals surface area contributed by atoms with Crippen LogP contribution in [0.2, 0.25) is 0 Å². The van der Waals surface area contributed by atoms with E-state index in [0.29, 0.717) is 16.9 Å². The van der Waals surface area contributed by atoms with E-state index in [1.807, 2.05) is 0 Å². The van der Waals surface area contributed by atoms with Crippen LogP contribution in [0.5, 0.6) is 5.75 Å². The Morgan fingerprint density at radius 1 is 1.24 bits per heavy atom. The van der Waals surface area contributed by atoms with Gasteiger partial charge in [0, 0.05) is 36.3 Å². The standard InChI is InChI=1S/C17H14F2N4O2/c18-17(19)25-14-4-2-1-3-13(14)10-22-16(24)12-5-6-21-15(9-12)23-8-7-20-11-23/h1-9,11,17H,10H2,(H,22,24). The van der Waals surface area contributed by atoms with E-state index >= 15 is 0 Å². The van der Waals surface area contributed by atoms with Gasteiger partial charge in [0.2, 0.25) is 0 Å². The van der Waals surface area contributed by atoms with Gasteiger partial charge in [0.25, 0.3) is 5.91 Å². The molecule has 1 N–H and O–H groups in total. The Morgan fingerprint density at radius 3 is 2.84 bits per heavy atom. The number of imidazole rings is 1. The lowest BCUT2D eigenvalue weighted by atomic mass is 10.2. The predicted octanol–water partition coefficient (Wildman–Crippen LogP) is 2.80. The molecule has 0 unspecified atom stereocenters. The Kier molecular flexibility index (Phi) is 4.98. The maximum absolute atomic E-state index is 12.4.